The molecule has 0 saturated carbocycles. The Labute approximate surface area is 168 Å². The van der Waals surface area contributed by atoms with Crippen LogP contribution >= 0.6 is 11.6 Å². The molecule has 8 heteroatoms. The molecule has 1 saturated heterocycles. The van der Waals surface area contributed by atoms with Crippen LogP contribution < -0.4 is 10.2 Å². The molecular weight excluding hydrogens is 382 g/mol. The molecule has 148 valence electrons. The van der Waals surface area contributed by atoms with Crippen LogP contribution in [0.4, 0.5) is 5.69 Å². The maximum absolute atomic E-state index is 12.3. The second-order valence-electron chi connectivity index (χ2n) is 6.61. The van der Waals surface area contributed by atoms with E-state index in [-0.39, 0.29) is 5.15 Å². The molecule has 0 radical (unpaired) electrons. The van der Waals surface area contributed by atoms with Gasteiger partial charge in [0.1, 0.15) is 19.6 Å². The molecule has 2 aromatic rings. The van der Waals surface area contributed by atoms with Crippen molar-refractivity contribution in [1.82, 2.24) is 4.98 Å². The molecule has 28 heavy (non-hydrogen) atoms. The van der Waals surface area contributed by atoms with E-state index in [4.69, 9.17) is 21.1 Å². The highest BCUT2D eigenvalue weighted by atomic mass is 35.5. The first-order valence-electron chi connectivity index (χ1n) is 9.15. The van der Waals surface area contributed by atoms with Gasteiger partial charge in [-0.25, -0.2) is 9.78 Å². The zero-order valence-electron chi connectivity index (χ0n) is 15.6. The largest absolute Gasteiger partial charge is 0.449 e. The molecule has 1 aliphatic heterocycles. The molecule has 7 nitrogen and oxygen atoms in total. The number of quaternary nitrogens is 1. The number of halogens is 1. The first-order valence-corrected chi connectivity index (χ1v) is 9.53. The Balaban J connectivity index is 1.53. The number of aromatic nitrogens is 1. The molecule has 1 aromatic carbocycles. The van der Waals surface area contributed by atoms with E-state index in [9.17, 15) is 9.59 Å². The zero-order valence-corrected chi connectivity index (χ0v) is 16.4. The number of ether oxygens (including phenoxy) is 2. The molecule has 0 spiro atoms. The van der Waals surface area contributed by atoms with Crippen LogP contribution in [0.1, 0.15) is 22.8 Å². The van der Waals surface area contributed by atoms with Gasteiger partial charge in [0.05, 0.1) is 24.5 Å². The summed E-state index contributed by atoms with van der Waals surface area (Å²) in [6.45, 7) is 5.93. The number of hydrogen-bond donors (Lipinski definition) is 2. The lowest BCUT2D eigenvalue weighted by Gasteiger charge is -2.23. The summed E-state index contributed by atoms with van der Waals surface area (Å²) in [7, 11) is 0. The predicted molar refractivity (Wildman–Crippen MR) is 104 cm³/mol. The van der Waals surface area contributed by atoms with Gasteiger partial charge in [0.2, 0.25) is 0 Å². The van der Waals surface area contributed by atoms with Crippen LogP contribution in [0.3, 0.4) is 0 Å². The summed E-state index contributed by atoms with van der Waals surface area (Å²) >= 11 is 5.92. The Morgan fingerprint density at radius 3 is 2.64 bits per heavy atom. The SMILES string of the molecule is C[C@@H](OC(=O)c1ccc(C[NH+]2CCOCC2)cc1)C(=O)Nc1cccnc1Cl. The van der Waals surface area contributed by atoms with Gasteiger partial charge in [0, 0.05) is 11.8 Å². The lowest BCUT2D eigenvalue weighted by atomic mass is 10.1. The minimum Gasteiger partial charge on any atom is -0.449 e. The number of carbonyl (C=O) groups excluding carboxylic acids is 2. The molecule has 0 unspecified atom stereocenters. The molecule has 1 aliphatic rings. The molecule has 0 aliphatic carbocycles. The Morgan fingerprint density at radius 2 is 1.96 bits per heavy atom. The summed E-state index contributed by atoms with van der Waals surface area (Å²) in [6.07, 6.45) is 0.548. The third-order valence-corrected chi connectivity index (χ3v) is 4.81. The molecule has 1 amide bonds. The first-order chi connectivity index (χ1) is 13.5. The number of benzene rings is 1. The van der Waals surface area contributed by atoms with E-state index in [2.05, 4.69) is 10.3 Å². The minimum absolute atomic E-state index is 0.173. The van der Waals surface area contributed by atoms with Crippen LogP contribution in [0.15, 0.2) is 42.6 Å². The Bertz CT molecular complexity index is 822. The van der Waals surface area contributed by atoms with E-state index in [1.54, 1.807) is 24.3 Å². The number of carbonyl (C=O) groups is 2. The summed E-state index contributed by atoms with van der Waals surface area (Å²) in [5.41, 5.74) is 1.91. The van der Waals surface area contributed by atoms with Crippen LogP contribution in [-0.4, -0.2) is 49.3 Å². The zero-order chi connectivity index (χ0) is 19.9. The topological polar surface area (TPSA) is 82.0 Å². The van der Waals surface area contributed by atoms with Crippen LogP contribution in [0, 0.1) is 0 Å². The Morgan fingerprint density at radius 1 is 1.25 bits per heavy atom. The quantitative estimate of drug-likeness (QED) is 0.560. The van der Waals surface area contributed by atoms with E-state index < -0.39 is 18.0 Å². The van der Waals surface area contributed by atoms with Crippen molar-refractivity contribution in [1.29, 1.82) is 0 Å². The molecule has 1 atom stereocenters. The van der Waals surface area contributed by atoms with Crippen molar-refractivity contribution < 1.29 is 24.0 Å². The summed E-state index contributed by atoms with van der Waals surface area (Å²) < 4.78 is 10.6. The maximum atomic E-state index is 12.3. The monoisotopic (exact) mass is 404 g/mol. The van der Waals surface area contributed by atoms with Gasteiger partial charge in [0.15, 0.2) is 11.3 Å². The van der Waals surface area contributed by atoms with Crippen molar-refractivity contribution in [2.24, 2.45) is 0 Å². The number of hydrogen-bond acceptors (Lipinski definition) is 5. The Kier molecular flexibility index (Phi) is 6.97. The third-order valence-electron chi connectivity index (χ3n) is 4.51. The van der Waals surface area contributed by atoms with E-state index in [0.717, 1.165) is 38.4 Å². The second kappa shape index (κ2) is 9.64. The van der Waals surface area contributed by atoms with Crippen molar-refractivity contribution in [2.45, 2.75) is 19.6 Å². The molecular formula is C20H23ClN3O4+. The molecule has 2 heterocycles. The average Bonchev–Trinajstić information content (AvgIpc) is 2.71. The lowest BCUT2D eigenvalue weighted by molar-refractivity contribution is -0.921. The average molecular weight is 405 g/mol. The van der Waals surface area contributed by atoms with Gasteiger partial charge in [-0.15, -0.1) is 0 Å². The fourth-order valence-corrected chi connectivity index (χ4v) is 3.05. The normalized spacial score (nSPS) is 15.6. The number of morpholine rings is 1. The van der Waals surface area contributed by atoms with E-state index >= 15 is 0 Å². The fourth-order valence-electron chi connectivity index (χ4n) is 2.88. The van der Waals surface area contributed by atoms with Gasteiger partial charge < -0.3 is 19.7 Å². The second-order valence-corrected chi connectivity index (χ2v) is 6.97. The number of anilines is 1. The van der Waals surface area contributed by atoms with E-state index in [1.165, 1.54) is 18.0 Å². The molecule has 1 fully saturated rings. The summed E-state index contributed by atoms with van der Waals surface area (Å²) in [4.78, 5) is 29.9. The van der Waals surface area contributed by atoms with Gasteiger partial charge >= 0.3 is 5.97 Å². The third kappa shape index (κ3) is 5.51. The lowest BCUT2D eigenvalue weighted by Crippen LogP contribution is -3.12. The highest BCUT2D eigenvalue weighted by Crippen LogP contribution is 2.18. The van der Waals surface area contributed by atoms with Crippen LogP contribution in [0.2, 0.25) is 5.15 Å². The van der Waals surface area contributed by atoms with Crippen molar-refractivity contribution in [3.05, 3.63) is 58.9 Å². The molecule has 1 aromatic heterocycles. The number of pyridine rings is 1. The summed E-state index contributed by atoms with van der Waals surface area (Å²) in [6, 6.07) is 10.5. The van der Waals surface area contributed by atoms with Gasteiger partial charge in [0.25, 0.3) is 5.91 Å². The van der Waals surface area contributed by atoms with Crippen LogP contribution in [0.25, 0.3) is 0 Å². The fraction of sp³-hybridized carbons (Fsp3) is 0.350. The predicted octanol–water partition coefficient (Wildman–Crippen LogP) is 1.33. The summed E-state index contributed by atoms with van der Waals surface area (Å²) in [5.74, 6) is -1.03. The van der Waals surface area contributed by atoms with Gasteiger partial charge in [-0.1, -0.05) is 23.7 Å². The maximum Gasteiger partial charge on any atom is 0.338 e. The van der Waals surface area contributed by atoms with Crippen LogP contribution in [0.5, 0.6) is 0 Å². The van der Waals surface area contributed by atoms with Crippen LogP contribution in [-0.2, 0) is 20.8 Å². The number of nitrogens with one attached hydrogen (secondary N) is 2. The number of amides is 1. The van der Waals surface area contributed by atoms with Gasteiger partial charge in [-0.3, -0.25) is 4.79 Å². The van der Waals surface area contributed by atoms with Gasteiger partial charge in [-0.05, 0) is 31.2 Å². The van der Waals surface area contributed by atoms with Gasteiger partial charge in [-0.2, -0.15) is 0 Å². The smallest absolute Gasteiger partial charge is 0.338 e. The standard InChI is InChI=1S/C20H22ClN3O4/c1-14(19(25)23-17-3-2-8-22-18(17)21)28-20(26)16-6-4-15(5-7-16)13-24-9-11-27-12-10-24/h2-8,14H,9-13H2,1H3,(H,23,25)/p+1/t14-/m1/s1. The van der Waals surface area contributed by atoms with Crippen molar-refractivity contribution in [3.63, 3.8) is 0 Å². The molecule has 2 N–H and O–H groups in total. The van der Waals surface area contributed by atoms with E-state index in [0.29, 0.717) is 11.3 Å². The van der Waals surface area contributed by atoms with Crippen molar-refractivity contribution >= 4 is 29.2 Å². The number of nitrogens with zero attached hydrogens (tertiary/aromatic N) is 1. The highest BCUT2D eigenvalue weighted by molar-refractivity contribution is 6.32. The van der Waals surface area contributed by atoms with Crippen molar-refractivity contribution in [2.75, 3.05) is 31.6 Å². The molecule has 3 rings (SSSR count). The summed E-state index contributed by atoms with van der Waals surface area (Å²) in [5, 5.41) is 2.77. The highest BCUT2D eigenvalue weighted by Gasteiger charge is 2.20. The minimum atomic E-state index is -0.971. The number of esters is 1. The number of rotatable bonds is 6. The van der Waals surface area contributed by atoms with Crippen molar-refractivity contribution in [3.8, 4) is 0 Å². The van der Waals surface area contributed by atoms with E-state index in [1.807, 2.05) is 12.1 Å². The molecule has 0 bridgehead atoms. The first kappa shape index (κ1) is 20.3. The Hall–Kier alpha value is -2.48.